The first-order chi connectivity index (χ1) is 7.03. The Morgan fingerprint density at radius 2 is 1.50 bits per heavy atom. The Morgan fingerprint density at radius 1 is 1.06 bits per heavy atom. The molecule has 1 heterocycles. The Hall–Kier alpha value is -1.28. The monoisotopic (exact) mass is 250 g/mol. The van der Waals surface area contributed by atoms with Crippen molar-refractivity contribution in [2.75, 3.05) is 0 Å². The zero-order chi connectivity index (χ0) is 12.7. The summed E-state index contributed by atoms with van der Waals surface area (Å²) in [7, 11) is 0. The van der Waals surface area contributed by atoms with Crippen LogP contribution in [-0.2, 0) is 14.3 Å². The molecule has 3 nitrogen and oxygen atoms in total. The average Bonchev–Trinajstić information content (AvgIpc) is 2.23. The van der Waals surface area contributed by atoms with Crippen molar-refractivity contribution in [2.24, 2.45) is 11.8 Å². The lowest BCUT2D eigenvalue weighted by atomic mass is 9.90. The van der Waals surface area contributed by atoms with Crippen molar-refractivity contribution in [2.45, 2.75) is 18.8 Å². The van der Waals surface area contributed by atoms with Gasteiger partial charge in [0.15, 0.2) is 5.92 Å². The van der Waals surface area contributed by atoms with E-state index in [1.165, 1.54) is 0 Å². The lowest BCUT2D eigenvalue weighted by Crippen LogP contribution is -2.43. The highest BCUT2D eigenvalue weighted by Gasteiger charge is 2.64. The van der Waals surface area contributed by atoms with Gasteiger partial charge in [0.2, 0.25) is 0 Å². The Bertz CT molecular complexity index is 303. The topological polar surface area (TPSA) is 43.4 Å². The number of halogens is 6. The van der Waals surface area contributed by atoms with Crippen LogP contribution in [0.15, 0.2) is 0 Å². The van der Waals surface area contributed by atoms with Gasteiger partial charge in [-0.15, -0.1) is 0 Å². The number of alkyl halides is 6. The van der Waals surface area contributed by atoms with Gasteiger partial charge in [0.05, 0.1) is 12.3 Å². The summed E-state index contributed by atoms with van der Waals surface area (Å²) in [5.74, 6) is -9.57. The maximum Gasteiger partial charge on any atom is 0.401 e. The molecule has 0 radical (unpaired) electrons. The first-order valence-electron chi connectivity index (χ1n) is 3.91. The van der Waals surface area contributed by atoms with Gasteiger partial charge in [-0.25, -0.2) is 0 Å². The van der Waals surface area contributed by atoms with Crippen LogP contribution in [0.2, 0.25) is 0 Å². The molecule has 92 valence electrons. The lowest BCUT2D eigenvalue weighted by molar-refractivity contribution is -0.295. The van der Waals surface area contributed by atoms with Crippen LogP contribution in [0.3, 0.4) is 0 Å². The molecular weight excluding hydrogens is 246 g/mol. The maximum absolute atomic E-state index is 12.1. The van der Waals surface area contributed by atoms with Crippen molar-refractivity contribution in [3.63, 3.8) is 0 Å². The molecule has 1 saturated heterocycles. The van der Waals surface area contributed by atoms with Crippen LogP contribution in [0, 0.1) is 11.8 Å². The molecule has 9 heteroatoms. The van der Waals surface area contributed by atoms with E-state index in [1.54, 1.807) is 0 Å². The number of esters is 2. The zero-order valence-electron chi connectivity index (χ0n) is 7.35. The van der Waals surface area contributed by atoms with Crippen molar-refractivity contribution >= 4 is 11.9 Å². The lowest BCUT2D eigenvalue weighted by Gasteiger charge is -2.25. The van der Waals surface area contributed by atoms with E-state index in [9.17, 15) is 35.9 Å². The van der Waals surface area contributed by atoms with E-state index in [1.807, 2.05) is 0 Å². The quantitative estimate of drug-likeness (QED) is 0.405. The predicted molar refractivity (Wildman–Crippen MR) is 34.8 cm³/mol. The van der Waals surface area contributed by atoms with E-state index in [-0.39, 0.29) is 0 Å². The zero-order valence-corrected chi connectivity index (χ0v) is 7.35. The highest BCUT2D eigenvalue weighted by atomic mass is 19.4. The number of ether oxygens (including phenoxy) is 1. The fourth-order valence-corrected chi connectivity index (χ4v) is 1.39. The molecule has 0 aliphatic carbocycles. The van der Waals surface area contributed by atoms with Gasteiger partial charge in [-0.1, -0.05) is 0 Å². The van der Waals surface area contributed by atoms with E-state index in [2.05, 4.69) is 4.74 Å². The second kappa shape index (κ2) is 3.63. The summed E-state index contributed by atoms with van der Waals surface area (Å²) >= 11 is 0. The molecule has 0 bridgehead atoms. The number of carbonyl (C=O) groups is 2. The van der Waals surface area contributed by atoms with Crippen LogP contribution in [0.1, 0.15) is 6.42 Å². The minimum atomic E-state index is -5.65. The molecule has 0 spiro atoms. The van der Waals surface area contributed by atoms with Crippen LogP contribution in [0.25, 0.3) is 0 Å². The van der Waals surface area contributed by atoms with Gasteiger partial charge in [0.25, 0.3) is 0 Å². The van der Waals surface area contributed by atoms with Crippen molar-refractivity contribution in [1.29, 1.82) is 0 Å². The van der Waals surface area contributed by atoms with Gasteiger partial charge in [-0.2, -0.15) is 26.3 Å². The number of cyclic esters (lactones) is 2. The van der Waals surface area contributed by atoms with Crippen LogP contribution in [-0.4, -0.2) is 24.3 Å². The van der Waals surface area contributed by atoms with Crippen molar-refractivity contribution in [3.05, 3.63) is 0 Å². The number of hydrogen-bond donors (Lipinski definition) is 0. The molecule has 0 amide bonds. The highest BCUT2D eigenvalue weighted by molar-refractivity contribution is 5.94. The van der Waals surface area contributed by atoms with E-state index in [4.69, 9.17) is 0 Å². The third-order valence-electron chi connectivity index (χ3n) is 2.01. The van der Waals surface area contributed by atoms with Crippen LogP contribution >= 0.6 is 0 Å². The van der Waals surface area contributed by atoms with Crippen LogP contribution in [0.5, 0.6) is 0 Å². The molecule has 16 heavy (non-hydrogen) atoms. The Morgan fingerprint density at radius 3 is 1.75 bits per heavy atom. The molecule has 1 rings (SSSR count). The molecule has 0 aromatic heterocycles. The Kier molecular flexibility index (Phi) is 2.90. The van der Waals surface area contributed by atoms with Gasteiger partial charge >= 0.3 is 24.3 Å². The fourth-order valence-electron chi connectivity index (χ4n) is 1.39. The Labute approximate surface area is 84.4 Å². The second-order valence-corrected chi connectivity index (χ2v) is 3.16. The summed E-state index contributed by atoms with van der Waals surface area (Å²) in [6.45, 7) is 0. The number of hydrogen-bond acceptors (Lipinski definition) is 3. The second-order valence-electron chi connectivity index (χ2n) is 3.16. The molecule has 1 aliphatic heterocycles. The minimum Gasteiger partial charge on any atom is -0.393 e. The molecule has 0 aromatic carbocycles. The molecule has 1 fully saturated rings. The van der Waals surface area contributed by atoms with Crippen LogP contribution < -0.4 is 0 Å². The SMILES string of the molecule is O=C1CC(C(C(F)(F)F)C(F)(F)F)C(=O)O1. The normalized spacial score (nSPS) is 22.8. The van der Waals surface area contributed by atoms with E-state index < -0.39 is 42.5 Å². The molecule has 0 aromatic rings. The largest absolute Gasteiger partial charge is 0.401 e. The van der Waals surface area contributed by atoms with Gasteiger partial charge in [0.1, 0.15) is 0 Å². The summed E-state index contributed by atoms with van der Waals surface area (Å²) in [6, 6.07) is 0. The molecule has 0 saturated carbocycles. The van der Waals surface area contributed by atoms with Gasteiger partial charge < -0.3 is 4.74 Å². The fraction of sp³-hybridized carbons (Fsp3) is 0.714. The molecule has 1 aliphatic rings. The first kappa shape index (κ1) is 12.8. The van der Waals surface area contributed by atoms with Crippen molar-refractivity contribution in [1.82, 2.24) is 0 Å². The van der Waals surface area contributed by atoms with Crippen LogP contribution in [0.4, 0.5) is 26.3 Å². The molecule has 0 N–H and O–H groups in total. The predicted octanol–water partition coefficient (Wildman–Crippen LogP) is 1.82. The van der Waals surface area contributed by atoms with Crippen molar-refractivity contribution in [3.8, 4) is 0 Å². The number of carbonyl (C=O) groups excluding carboxylic acids is 2. The highest BCUT2D eigenvalue weighted by Crippen LogP contribution is 2.46. The smallest absolute Gasteiger partial charge is 0.393 e. The molecule has 1 atom stereocenters. The first-order valence-corrected chi connectivity index (χ1v) is 3.91. The summed E-state index contributed by atoms with van der Waals surface area (Å²) in [5.41, 5.74) is 0. The summed E-state index contributed by atoms with van der Waals surface area (Å²) in [4.78, 5) is 21.1. The van der Waals surface area contributed by atoms with E-state index in [0.717, 1.165) is 0 Å². The molecular formula is C7H4F6O3. The average molecular weight is 250 g/mol. The van der Waals surface area contributed by atoms with Gasteiger partial charge in [-0.05, 0) is 0 Å². The summed E-state index contributed by atoms with van der Waals surface area (Å²) in [5, 5.41) is 0. The minimum absolute atomic E-state index is 1.21. The maximum atomic E-state index is 12.1. The summed E-state index contributed by atoms with van der Waals surface area (Å²) < 4.78 is 76.4. The third kappa shape index (κ3) is 2.45. The molecule has 1 unspecified atom stereocenters. The standard InChI is InChI=1S/C7H4F6O3/c8-6(9,10)4(7(11,12)13)2-1-3(14)16-5(2)15/h2,4H,1H2. The Balaban J connectivity index is 3.04. The van der Waals surface area contributed by atoms with E-state index in [0.29, 0.717) is 0 Å². The number of rotatable bonds is 1. The van der Waals surface area contributed by atoms with Gasteiger partial charge in [-0.3, -0.25) is 9.59 Å². The third-order valence-corrected chi connectivity index (χ3v) is 2.01. The van der Waals surface area contributed by atoms with E-state index >= 15 is 0 Å². The van der Waals surface area contributed by atoms with Gasteiger partial charge in [0, 0.05) is 0 Å². The van der Waals surface area contributed by atoms with Crippen molar-refractivity contribution < 1.29 is 40.7 Å². The summed E-state index contributed by atoms with van der Waals surface area (Å²) in [6.07, 6.45) is -12.5.